The highest BCUT2D eigenvalue weighted by atomic mass is 32.1. The summed E-state index contributed by atoms with van der Waals surface area (Å²) in [5, 5.41) is 10.7. The van der Waals surface area contributed by atoms with Crippen LogP contribution in [0.1, 0.15) is 16.7 Å². The second kappa shape index (κ2) is 5.30. The van der Waals surface area contributed by atoms with Crippen LogP contribution in [0.15, 0.2) is 56.6 Å². The molecule has 0 aliphatic carbocycles. The van der Waals surface area contributed by atoms with E-state index in [-0.39, 0.29) is 11.4 Å². The Balaban J connectivity index is 2.22. The van der Waals surface area contributed by atoms with Crippen molar-refractivity contribution in [2.45, 2.75) is 18.2 Å². The lowest BCUT2D eigenvalue weighted by molar-refractivity contribution is 0.476. The van der Waals surface area contributed by atoms with Gasteiger partial charge < -0.3 is 9.52 Å². The summed E-state index contributed by atoms with van der Waals surface area (Å²) in [5.74, 6) is 0.0769. The Hall–Kier alpha value is -2.20. The van der Waals surface area contributed by atoms with Crippen molar-refractivity contribution < 1.29 is 9.52 Å². The van der Waals surface area contributed by atoms with E-state index in [1.807, 2.05) is 37.3 Å². The van der Waals surface area contributed by atoms with Gasteiger partial charge in [-0.15, -0.1) is 12.6 Å². The summed E-state index contributed by atoms with van der Waals surface area (Å²) in [6.45, 7) is 1.83. The van der Waals surface area contributed by atoms with Gasteiger partial charge in [-0.2, -0.15) is 0 Å². The molecule has 0 bridgehead atoms. The summed E-state index contributed by atoms with van der Waals surface area (Å²) in [5.41, 5.74) is 2.32. The third kappa shape index (κ3) is 2.54. The van der Waals surface area contributed by atoms with Crippen molar-refractivity contribution in [1.29, 1.82) is 0 Å². The average Bonchev–Trinajstić information content (AvgIpc) is 2.43. The van der Waals surface area contributed by atoms with Gasteiger partial charge in [0.2, 0.25) is 0 Å². The zero-order chi connectivity index (χ0) is 15.0. The fourth-order valence-corrected chi connectivity index (χ4v) is 2.75. The first kappa shape index (κ1) is 13.8. The second-order valence-electron chi connectivity index (χ2n) is 4.99. The first-order valence-corrected chi connectivity index (χ1v) is 7.03. The zero-order valence-electron chi connectivity index (χ0n) is 11.5. The van der Waals surface area contributed by atoms with Gasteiger partial charge >= 0.3 is 5.63 Å². The Bertz CT molecular complexity index is 867. The van der Waals surface area contributed by atoms with Crippen LogP contribution in [-0.4, -0.2) is 5.11 Å². The summed E-state index contributed by atoms with van der Waals surface area (Å²) in [7, 11) is 0. The van der Waals surface area contributed by atoms with E-state index < -0.39 is 0 Å². The molecular formula is C17H14O3S. The maximum atomic E-state index is 12.2. The SMILES string of the molecule is Cc1c(Cc2ccccc2)c(=O)oc2cc(S)cc(O)c12. The molecule has 0 spiro atoms. The highest BCUT2D eigenvalue weighted by Gasteiger charge is 2.15. The van der Waals surface area contributed by atoms with E-state index in [0.29, 0.717) is 27.8 Å². The van der Waals surface area contributed by atoms with E-state index in [0.717, 1.165) is 11.1 Å². The fourth-order valence-electron chi connectivity index (χ4n) is 2.51. The molecule has 21 heavy (non-hydrogen) atoms. The van der Waals surface area contributed by atoms with Crippen molar-refractivity contribution >= 4 is 23.6 Å². The lowest BCUT2D eigenvalue weighted by Crippen LogP contribution is -2.11. The quantitative estimate of drug-likeness (QED) is 0.560. The van der Waals surface area contributed by atoms with E-state index in [1.54, 1.807) is 12.1 Å². The third-order valence-corrected chi connectivity index (χ3v) is 3.82. The Kier molecular flexibility index (Phi) is 3.47. The topological polar surface area (TPSA) is 50.4 Å². The van der Waals surface area contributed by atoms with Crippen LogP contribution in [0.4, 0.5) is 0 Å². The van der Waals surface area contributed by atoms with Crippen LogP contribution < -0.4 is 5.63 Å². The highest BCUT2D eigenvalue weighted by molar-refractivity contribution is 7.80. The van der Waals surface area contributed by atoms with Crippen LogP contribution in [0, 0.1) is 6.92 Å². The number of fused-ring (bicyclic) bond motifs is 1. The summed E-state index contributed by atoms with van der Waals surface area (Å²) in [6.07, 6.45) is 0.479. The minimum atomic E-state index is -0.373. The smallest absolute Gasteiger partial charge is 0.340 e. The molecule has 3 nitrogen and oxygen atoms in total. The van der Waals surface area contributed by atoms with Crippen molar-refractivity contribution in [2.75, 3.05) is 0 Å². The molecule has 0 aliphatic rings. The van der Waals surface area contributed by atoms with Crippen LogP contribution in [0.2, 0.25) is 0 Å². The van der Waals surface area contributed by atoms with Crippen molar-refractivity contribution in [3.05, 3.63) is 69.6 Å². The minimum Gasteiger partial charge on any atom is -0.507 e. The summed E-state index contributed by atoms with van der Waals surface area (Å²) in [4.78, 5) is 12.8. The summed E-state index contributed by atoms with van der Waals surface area (Å²) in [6, 6.07) is 12.9. The number of benzene rings is 2. The molecule has 1 heterocycles. The van der Waals surface area contributed by atoms with Crippen LogP contribution in [0.5, 0.6) is 5.75 Å². The van der Waals surface area contributed by atoms with E-state index in [9.17, 15) is 9.90 Å². The van der Waals surface area contributed by atoms with E-state index in [4.69, 9.17) is 4.42 Å². The van der Waals surface area contributed by atoms with E-state index >= 15 is 0 Å². The predicted octanol–water partition coefficient (Wildman–Crippen LogP) is 3.69. The van der Waals surface area contributed by atoms with Gasteiger partial charge in [0, 0.05) is 16.9 Å². The molecule has 106 valence electrons. The van der Waals surface area contributed by atoms with E-state index in [1.165, 1.54) is 0 Å². The first-order chi connectivity index (χ1) is 10.1. The fraction of sp³-hybridized carbons (Fsp3) is 0.118. The van der Waals surface area contributed by atoms with Crippen molar-refractivity contribution in [3.8, 4) is 5.75 Å². The molecule has 1 aromatic heterocycles. The summed E-state index contributed by atoms with van der Waals surface area (Å²) < 4.78 is 5.34. The number of aromatic hydroxyl groups is 1. The van der Waals surface area contributed by atoms with Crippen molar-refractivity contribution in [3.63, 3.8) is 0 Å². The number of hydrogen-bond donors (Lipinski definition) is 2. The first-order valence-electron chi connectivity index (χ1n) is 6.58. The van der Waals surface area contributed by atoms with Crippen molar-refractivity contribution in [2.24, 2.45) is 0 Å². The van der Waals surface area contributed by atoms with Crippen LogP contribution in [0.3, 0.4) is 0 Å². The standard InChI is InChI=1S/C17H14O3S/c1-10-13(7-11-5-3-2-4-6-11)17(19)20-15-9-12(21)8-14(18)16(10)15/h2-6,8-9,18,21H,7H2,1H3. The molecule has 3 aromatic rings. The molecular weight excluding hydrogens is 284 g/mol. The predicted molar refractivity (Wildman–Crippen MR) is 85.4 cm³/mol. The molecule has 0 saturated carbocycles. The Morgan fingerprint density at radius 3 is 2.62 bits per heavy atom. The number of aryl methyl sites for hydroxylation is 1. The number of phenolic OH excluding ortho intramolecular Hbond substituents is 1. The molecule has 0 aliphatic heterocycles. The molecule has 0 amide bonds. The minimum absolute atomic E-state index is 0.0769. The van der Waals surface area contributed by atoms with Crippen LogP contribution in [0.25, 0.3) is 11.0 Å². The average molecular weight is 298 g/mol. The van der Waals surface area contributed by atoms with Crippen LogP contribution in [-0.2, 0) is 6.42 Å². The number of hydrogen-bond acceptors (Lipinski definition) is 4. The molecule has 0 radical (unpaired) electrons. The Morgan fingerprint density at radius 2 is 1.90 bits per heavy atom. The van der Waals surface area contributed by atoms with Gasteiger partial charge in [-0.3, -0.25) is 0 Å². The molecule has 0 atom stereocenters. The van der Waals surface area contributed by atoms with Gasteiger partial charge in [0.15, 0.2) is 0 Å². The Labute approximate surface area is 127 Å². The van der Waals surface area contributed by atoms with E-state index in [2.05, 4.69) is 12.6 Å². The third-order valence-electron chi connectivity index (χ3n) is 3.57. The van der Waals surface area contributed by atoms with Gasteiger partial charge in [-0.1, -0.05) is 30.3 Å². The maximum Gasteiger partial charge on any atom is 0.340 e. The van der Waals surface area contributed by atoms with Gasteiger partial charge in [0.05, 0.1) is 5.39 Å². The van der Waals surface area contributed by atoms with Gasteiger partial charge in [-0.05, 0) is 30.2 Å². The normalized spacial score (nSPS) is 11.0. The largest absolute Gasteiger partial charge is 0.507 e. The number of phenols is 1. The molecule has 0 unspecified atom stereocenters. The Morgan fingerprint density at radius 1 is 1.19 bits per heavy atom. The van der Waals surface area contributed by atoms with Gasteiger partial charge in [-0.25, -0.2) is 4.79 Å². The van der Waals surface area contributed by atoms with Gasteiger partial charge in [0.25, 0.3) is 0 Å². The monoisotopic (exact) mass is 298 g/mol. The molecule has 0 fully saturated rings. The molecule has 0 saturated heterocycles. The second-order valence-corrected chi connectivity index (χ2v) is 5.51. The molecule has 1 N–H and O–H groups in total. The maximum absolute atomic E-state index is 12.2. The number of thiol groups is 1. The lowest BCUT2D eigenvalue weighted by atomic mass is 9.99. The lowest BCUT2D eigenvalue weighted by Gasteiger charge is -2.09. The zero-order valence-corrected chi connectivity index (χ0v) is 12.4. The molecule has 4 heteroatoms. The number of rotatable bonds is 2. The van der Waals surface area contributed by atoms with Crippen molar-refractivity contribution in [1.82, 2.24) is 0 Å². The molecule has 2 aromatic carbocycles. The summed E-state index contributed by atoms with van der Waals surface area (Å²) >= 11 is 4.18. The van der Waals surface area contributed by atoms with Crippen LogP contribution >= 0.6 is 12.6 Å². The molecule has 3 rings (SSSR count). The highest BCUT2D eigenvalue weighted by Crippen LogP contribution is 2.31. The van der Waals surface area contributed by atoms with Gasteiger partial charge in [0.1, 0.15) is 11.3 Å².